The van der Waals surface area contributed by atoms with Gasteiger partial charge in [-0.05, 0) is 56.3 Å². The van der Waals surface area contributed by atoms with Crippen LogP contribution in [-0.4, -0.2) is 18.0 Å². The van der Waals surface area contributed by atoms with Gasteiger partial charge in [-0.1, -0.05) is 0 Å². The standard InChI is InChI=1S/C12H20OS/c1-2-13-12-4-7-3-11(12)10-6-8(14)5-9(7)10/h7-12,14H,2-6H2,1H3. The second kappa shape index (κ2) is 3.41. The first-order chi connectivity index (χ1) is 6.79. The molecule has 0 N–H and O–H groups in total. The Labute approximate surface area is 92.0 Å². The zero-order valence-electron chi connectivity index (χ0n) is 8.86. The van der Waals surface area contributed by atoms with Gasteiger partial charge in [-0.2, -0.15) is 12.6 Å². The smallest absolute Gasteiger partial charge is 0.0608 e. The van der Waals surface area contributed by atoms with Crippen molar-refractivity contribution in [3.8, 4) is 0 Å². The fraction of sp³-hybridized carbons (Fsp3) is 1.00. The Bertz CT molecular complexity index is 230. The molecule has 0 radical (unpaired) electrons. The lowest BCUT2D eigenvalue weighted by Crippen LogP contribution is -2.30. The van der Waals surface area contributed by atoms with E-state index in [1.54, 1.807) is 0 Å². The van der Waals surface area contributed by atoms with Gasteiger partial charge in [0.25, 0.3) is 0 Å². The predicted octanol–water partition coefficient (Wildman–Crippen LogP) is 2.76. The van der Waals surface area contributed by atoms with E-state index in [0.29, 0.717) is 11.4 Å². The van der Waals surface area contributed by atoms with Crippen molar-refractivity contribution in [1.29, 1.82) is 0 Å². The number of fused-ring (bicyclic) bond motifs is 5. The van der Waals surface area contributed by atoms with E-state index in [9.17, 15) is 0 Å². The van der Waals surface area contributed by atoms with Crippen LogP contribution in [0.15, 0.2) is 0 Å². The van der Waals surface area contributed by atoms with Crippen molar-refractivity contribution in [2.75, 3.05) is 6.61 Å². The highest BCUT2D eigenvalue weighted by atomic mass is 32.1. The molecule has 6 atom stereocenters. The van der Waals surface area contributed by atoms with Crippen LogP contribution < -0.4 is 0 Å². The van der Waals surface area contributed by atoms with E-state index < -0.39 is 0 Å². The quantitative estimate of drug-likeness (QED) is 0.693. The average molecular weight is 212 g/mol. The van der Waals surface area contributed by atoms with Crippen LogP contribution in [0.25, 0.3) is 0 Å². The van der Waals surface area contributed by atoms with Crippen LogP contribution >= 0.6 is 12.6 Å². The molecule has 0 aromatic carbocycles. The minimum absolute atomic E-state index is 0.602. The molecule has 80 valence electrons. The number of hydrogen-bond donors (Lipinski definition) is 1. The van der Waals surface area contributed by atoms with Gasteiger partial charge in [-0.15, -0.1) is 0 Å². The molecule has 2 bridgehead atoms. The van der Waals surface area contributed by atoms with Crippen LogP contribution in [0.3, 0.4) is 0 Å². The van der Waals surface area contributed by atoms with E-state index >= 15 is 0 Å². The zero-order chi connectivity index (χ0) is 9.71. The van der Waals surface area contributed by atoms with Crippen LogP contribution in [0, 0.1) is 23.7 Å². The highest BCUT2D eigenvalue weighted by Gasteiger charge is 2.55. The molecule has 1 nitrogen and oxygen atoms in total. The Morgan fingerprint density at radius 1 is 1.07 bits per heavy atom. The summed E-state index contributed by atoms with van der Waals surface area (Å²) in [6, 6.07) is 0. The van der Waals surface area contributed by atoms with Gasteiger partial charge in [0.05, 0.1) is 6.10 Å². The van der Waals surface area contributed by atoms with E-state index in [0.717, 1.165) is 30.3 Å². The molecule has 2 heteroatoms. The summed E-state index contributed by atoms with van der Waals surface area (Å²) in [6.45, 7) is 3.02. The van der Waals surface area contributed by atoms with E-state index in [-0.39, 0.29) is 0 Å². The molecule has 3 aliphatic rings. The molecule has 0 aromatic heterocycles. The third-order valence-corrected chi connectivity index (χ3v) is 5.18. The van der Waals surface area contributed by atoms with Crippen molar-refractivity contribution in [2.45, 2.75) is 44.0 Å². The number of hydrogen-bond acceptors (Lipinski definition) is 2. The lowest BCUT2D eigenvalue weighted by atomic mass is 9.80. The second-order valence-electron chi connectivity index (χ2n) is 5.34. The molecule has 0 amide bonds. The van der Waals surface area contributed by atoms with Crippen molar-refractivity contribution in [3.05, 3.63) is 0 Å². The van der Waals surface area contributed by atoms with Crippen molar-refractivity contribution < 1.29 is 4.74 Å². The molecule has 0 heterocycles. The Hall–Kier alpha value is 0.310. The molecule has 3 saturated carbocycles. The Morgan fingerprint density at radius 2 is 1.86 bits per heavy atom. The molecular formula is C12H20OS. The van der Waals surface area contributed by atoms with Gasteiger partial charge in [0.15, 0.2) is 0 Å². The monoisotopic (exact) mass is 212 g/mol. The lowest BCUT2D eigenvalue weighted by Gasteiger charge is -2.31. The first-order valence-electron chi connectivity index (χ1n) is 6.09. The highest BCUT2D eigenvalue weighted by molar-refractivity contribution is 7.80. The van der Waals surface area contributed by atoms with Crippen molar-refractivity contribution in [3.63, 3.8) is 0 Å². The Balaban J connectivity index is 1.73. The van der Waals surface area contributed by atoms with Gasteiger partial charge >= 0.3 is 0 Å². The van der Waals surface area contributed by atoms with Crippen molar-refractivity contribution in [1.82, 2.24) is 0 Å². The highest BCUT2D eigenvalue weighted by Crippen LogP contribution is 2.60. The summed E-state index contributed by atoms with van der Waals surface area (Å²) in [5.74, 6) is 3.85. The van der Waals surface area contributed by atoms with Gasteiger partial charge in [-0.25, -0.2) is 0 Å². The van der Waals surface area contributed by atoms with Crippen molar-refractivity contribution >= 4 is 12.6 Å². The second-order valence-corrected chi connectivity index (χ2v) is 6.07. The maximum atomic E-state index is 5.86. The average Bonchev–Trinajstić information content (AvgIpc) is 2.74. The minimum Gasteiger partial charge on any atom is -0.378 e. The summed E-state index contributed by atoms with van der Waals surface area (Å²) in [5, 5.41) is 0.690. The largest absolute Gasteiger partial charge is 0.378 e. The number of thiol groups is 1. The predicted molar refractivity (Wildman–Crippen MR) is 60.6 cm³/mol. The van der Waals surface area contributed by atoms with Crippen LogP contribution in [0.4, 0.5) is 0 Å². The van der Waals surface area contributed by atoms with Gasteiger partial charge in [0.2, 0.25) is 0 Å². The SMILES string of the molecule is CCOC1CC2CC1C1CC(S)CC21. The van der Waals surface area contributed by atoms with E-state index in [4.69, 9.17) is 4.74 Å². The van der Waals surface area contributed by atoms with Crippen LogP contribution in [0.2, 0.25) is 0 Å². The Morgan fingerprint density at radius 3 is 2.64 bits per heavy atom. The molecule has 0 spiro atoms. The maximum Gasteiger partial charge on any atom is 0.0608 e. The normalized spacial score (nSPS) is 55.3. The molecule has 0 saturated heterocycles. The molecule has 0 aliphatic heterocycles. The maximum absolute atomic E-state index is 5.86. The van der Waals surface area contributed by atoms with Crippen molar-refractivity contribution in [2.24, 2.45) is 23.7 Å². The molecule has 3 fully saturated rings. The van der Waals surface area contributed by atoms with Gasteiger partial charge in [-0.3, -0.25) is 0 Å². The summed E-state index contributed by atoms with van der Waals surface area (Å²) in [4.78, 5) is 0. The number of ether oxygens (including phenoxy) is 1. The van der Waals surface area contributed by atoms with E-state index in [2.05, 4.69) is 19.6 Å². The third kappa shape index (κ3) is 1.26. The first kappa shape index (κ1) is 9.53. The summed E-state index contributed by atoms with van der Waals surface area (Å²) < 4.78 is 5.86. The molecule has 6 unspecified atom stereocenters. The van der Waals surface area contributed by atoms with E-state index in [1.165, 1.54) is 25.7 Å². The minimum atomic E-state index is 0.602. The fourth-order valence-electron chi connectivity index (χ4n) is 4.39. The van der Waals surface area contributed by atoms with Gasteiger partial charge < -0.3 is 4.74 Å². The first-order valence-corrected chi connectivity index (χ1v) is 6.61. The van der Waals surface area contributed by atoms with Crippen LogP contribution in [-0.2, 0) is 4.74 Å². The summed E-state index contributed by atoms with van der Waals surface area (Å²) in [6.07, 6.45) is 6.15. The van der Waals surface area contributed by atoms with Gasteiger partial charge in [0, 0.05) is 11.9 Å². The van der Waals surface area contributed by atoms with Crippen LogP contribution in [0.5, 0.6) is 0 Å². The molecule has 3 aliphatic carbocycles. The zero-order valence-corrected chi connectivity index (χ0v) is 9.75. The van der Waals surface area contributed by atoms with Gasteiger partial charge in [0.1, 0.15) is 0 Å². The Kier molecular flexibility index (Phi) is 2.32. The summed E-state index contributed by atoms with van der Waals surface area (Å²) in [5.41, 5.74) is 0. The molecule has 0 aromatic rings. The molecule has 14 heavy (non-hydrogen) atoms. The third-order valence-electron chi connectivity index (χ3n) is 4.76. The number of rotatable bonds is 2. The lowest BCUT2D eigenvalue weighted by molar-refractivity contribution is -0.00381. The topological polar surface area (TPSA) is 9.23 Å². The molecule has 3 rings (SSSR count). The van der Waals surface area contributed by atoms with E-state index in [1.807, 2.05) is 0 Å². The summed E-state index contributed by atoms with van der Waals surface area (Å²) >= 11 is 4.65. The fourth-order valence-corrected chi connectivity index (χ4v) is 4.87. The van der Waals surface area contributed by atoms with Crippen LogP contribution in [0.1, 0.15) is 32.6 Å². The summed E-state index contributed by atoms with van der Waals surface area (Å²) in [7, 11) is 0. The molecular weight excluding hydrogens is 192 g/mol.